The highest BCUT2D eigenvalue weighted by atomic mass is 35.5. The number of aliphatic carboxylic acids is 1. The van der Waals surface area contributed by atoms with Crippen molar-refractivity contribution in [1.29, 1.82) is 0 Å². The van der Waals surface area contributed by atoms with Crippen molar-refractivity contribution in [3.8, 4) is 11.5 Å². The maximum Gasteiger partial charge on any atom is 0.328 e. The summed E-state index contributed by atoms with van der Waals surface area (Å²) in [5.74, 6) is -1.33. The van der Waals surface area contributed by atoms with E-state index < -0.39 is 30.5 Å². The highest BCUT2D eigenvalue weighted by molar-refractivity contribution is 6.30. The maximum atomic E-state index is 12.5. The normalized spacial score (nSPS) is 13.4. The molecule has 0 saturated carbocycles. The molecule has 0 radical (unpaired) electrons. The second-order valence-corrected chi connectivity index (χ2v) is 8.11. The lowest BCUT2D eigenvalue weighted by Gasteiger charge is -2.17. The van der Waals surface area contributed by atoms with Crippen molar-refractivity contribution in [3.05, 3.63) is 53.1 Å². The van der Waals surface area contributed by atoms with Crippen LogP contribution in [-0.4, -0.2) is 72.9 Å². The Labute approximate surface area is 212 Å². The van der Waals surface area contributed by atoms with Crippen LogP contribution in [0.1, 0.15) is 16.8 Å². The molecule has 1 aliphatic rings. The van der Waals surface area contributed by atoms with Crippen LogP contribution in [0.5, 0.6) is 11.5 Å². The molecule has 0 fully saturated rings. The summed E-state index contributed by atoms with van der Waals surface area (Å²) in [4.78, 5) is 40.4. The molecule has 0 spiro atoms. The number of nitrogens with zero attached hydrogens (tertiary/aromatic N) is 1. The number of nitrogens with one attached hydrogen (secondary N) is 5. The first-order valence-corrected chi connectivity index (χ1v) is 11.5. The van der Waals surface area contributed by atoms with Crippen molar-refractivity contribution in [2.75, 3.05) is 38.1 Å². The number of ether oxygens (including phenoxy) is 1. The summed E-state index contributed by atoms with van der Waals surface area (Å²) in [5.41, 5.74) is 0.337. The predicted molar refractivity (Wildman–Crippen MR) is 134 cm³/mol. The fourth-order valence-corrected chi connectivity index (χ4v) is 3.26. The molecule has 1 atom stereocenters. The second-order valence-electron chi connectivity index (χ2n) is 7.67. The van der Waals surface area contributed by atoms with E-state index in [4.69, 9.17) is 16.3 Å². The molecule has 36 heavy (non-hydrogen) atoms. The first-order chi connectivity index (χ1) is 17.3. The minimum Gasteiger partial charge on any atom is -0.507 e. The molecule has 0 unspecified atom stereocenters. The average Bonchev–Trinajstić information content (AvgIpc) is 2.86. The van der Waals surface area contributed by atoms with Crippen LogP contribution in [0.25, 0.3) is 0 Å². The van der Waals surface area contributed by atoms with Gasteiger partial charge in [-0.1, -0.05) is 11.6 Å². The van der Waals surface area contributed by atoms with E-state index in [0.717, 1.165) is 25.5 Å². The van der Waals surface area contributed by atoms with E-state index in [1.54, 1.807) is 24.3 Å². The number of amides is 3. The number of urea groups is 1. The number of phenols is 1. The number of aliphatic imine (C=N–C) groups is 1. The number of anilines is 1. The molecule has 0 saturated heterocycles. The number of carbonyl (C=O) groups excluding carboxylic acids is 2. The van der Waals surface area contributed by atoms with Crippen LogP contribution in [0, 0.1) is 0 Å². The van der Waals surface area contributed by atoms with Gasteiger partial charge in [0.25, 0.3) is 5.91 Å². The molecular formula is C23H27ClN6O6. The van der Waals surface area contributed by atoms with Gasteiger partial charge in [0, 0.05) is 36.4 Å². The van der Waals surface area contributed by atoms with Crippen molar-refractivity contribution in [3.63, 3.8) is 0 Å². The van der Waals surface area contributed by atoms with Gasteiger partial charge < -0.3 is 41.5 Å². The predicted octanol–water partition coefficient (Wildman–Crippen LogP) is 1.37. The van der Waals surface area contributed by atoms with Crippen LogP contribution >= 0.6 is 11.6 Å². The number of guanidine groups is 1. The van der Waals surface area contributed by atoms with Gasteiger partial charge in [-0.05, 0) is 42.8 Å². The summed E-state index contributed by atoms with van der Waals surface area (Å²) in [6.07, 6.45) is 0.994. The zero-order valence-electron chi connectivity index (χ0n) is 19.2. The lowest BCUT2D eigenvalue weighted by molar-refractivity contribution is -0.138. The molecule has 192 valence electrons. The Bertz CT molecular complexity index is 1110. The van der Waals surface area contributed by atoms with Gasteiger partial charge >= 0.3 is 12.0 Å². The lowest BCUT2D eigenvalue weighted by Crippen LogP contribution is -2.49. The number of benzene rings is 2. The Morgan fingerprint density at radius 2 is 1.94 bits per heavy atom. The molecule has 7 N–H and O–H groups in total. The van der Waals surface area contributed by atoms with Gasteiger partial charge in [-0.15, -0.1) is 0 Å². The number of carboxylic acids is 1. The first kappa shape index (κ1) is 26.4. The van der Waals surface area contributed by atoms with Crippen molar-refractivity contribution in [1.82, 2.24) is 21.3 Å². The van der Waals surface area contributed by atoms with Crippen LogP contribution in [-0.2, 0) is 4.79 Å². The second kappa shape index (κ2) is 13.0. The Balaban J connectivity index is 1.46. The van der Waals surface area contributed by atoms with Gasteiger partial charge in [0.05, 0.1) is 12.1 Å². The maximum absolute atomic E-state index is 12.5. The monoisotopic (exact) mass is 518 g/mol. The van der Waals surface area contributed by atoms with Crippen LogP contribution in [0.4, 0.5) is 10.5 Å². The van der Waals surface area contributed by atoms with Gasteiger partial charge in [-0.3, -0.25) is 9.79 Å². The summed E-state index contributed by atoms with van der Waals surface area (Å²) < 4.78 is 5.56. The summed E-state index contributed by atoms with van der Waals surface area (Å²) in [7, 11) is 0. The third-order valence-corrected chi connectivity index (χ3v) is 5.20. The number of hydrogen-bond acceptors (Lipinski definition) is 8. The zero-order chi connectivity index (χ0) is 25.9. The van der Waals surface area contributed by atoms with E-state index in [1.807, 2.05) is 0 Å². The molecule has 1 heterocycles. The Kier molecular flexibility index (Phi) is 9.57. The lowest BCUT2D eigenvalue weighted by atomic mass is 10.1. The fourth-order valence-electron chi connectivity index (χ4n) is 3.13. The van der Waals surface area contributed by atoms with Crippen LogP contribution in [0.3, 0.4) is 0 Å². The zero-order valence-corrected chi connectivity index (χ0v) is 20.0. The Hall–Kier alpha value is -4.19. The largest absolute Gasteiger partial charge is 0.507 e. The third-order valence-electron chi connectivity index (χ3n) is 4.95. The van der Waals surface area contributed by atoms with E-state index in [0.29, 0.717) is 29.6 Å². The van der Waals surface area contributed by atoms with Crippen LogP contribution < -0.4 is 31.3 Å². The molecule has 13 heteroatoms. The number of phenolic OH excluding ortho intramolecular Hbond substituents is 1. The van der Waals surface area contributed by atoms with Crippen molar-refractivity contribution in [2.45, 2.75) is 12.5 Å². The van der Waals surface area contributed by atoms with Gasteiger partial charge in [-0.2, -0.15) is 0 Å². The van der Waals surface area contributed by atoms with E-state index in [1.165, 1.54) is 18.2 Å². The number of hydrogen-bond donors (Lipinski definition) is 7. The van der Waals surface area contributed by atoms with Gasteiger partial charge in [-0.25, -0.2) is 9.59 Å². The number of aromatic hydroxyl groups is 1. The van der Waals surface area contributed by atoms with Gasteiger partial charge in [0.1, 0.15) is 24.1 Å². The number of carbonyl (C=O) groups is 3. The molecule has 1 aliphatic heterocycles. The van der Waals surface area contributed by atoms with Crippen LogP contribution in [0.15, 0.2) is 47.5 Å². The molecule has 3 amide bonds. The Morgan fingerprint density at radius 3 is 2.61 bits per heavy atom. The molecule has 0 aliphatic carbocycles. The topological polar surface area (TPSA) is 173 Å². The minimum atomic E-state index is -1.42. The summed E-state index contributed by atoms with van der Waals surface area (Å²) in [5, 5.41) is 33.5. The van der Waals surface area contributed by atoms with Crippen molar-refractivity contribution >= 4 is 41.2 Å². The van der Waals surface area contributed by atoms with Crippen molar-refractivity contribution in [2.24, 2.45) is 4.99 Å². The number of halogens is 1. The average molecular weight is 519 g/mol. The first-order valence-electron chi connectivity index (χ1n) is 11.1. The van der Waals surface area contributed by atoms with Gasteiger partial charge in [0.15, 0.2) is 5.96 Å². The van der Waals surface area contributed by atoms with E-state index in [9.17, 15) is 24.6 Å². The smallest absolute Gasteiger partial charge is 0.328 e. The molecular weight excluding hydrogens is 492 g/mol. The fraction of sp³-hybridized carbons (Fsp3) is 0.304. The minimum absolute atomic E-state index is 0.0732. The Morgan fingerprint density at radius 1 is 1.17 bits per heavy atom. The molecule has 0 bridgehead atoms. The molecule has 0 aromatic heterocycles. The van der Waals surface area contributed by atoms with Crippen molar-refractivity contribution < 1.29 is 29.3 Å². The molecule has 2 aromatic carbocycles. The highest BCUT2D eigenvalue weighted by Gasteiger charge is 2.22. The molecule has 3 rings (SSSR count). The highest BCUT2D eigenvalue weighted by Crippen LogP contribution is 2.23. The van der Waals surface area contributed by atoms with Gasteiger partial charge in [0.2, 0.25) is 0 Å². The quantitative estimate of drug-likeness (QED) is 0.231. The summed E-state index contributed by atoms with van der Waals surface area (Å²) >= 11 is 5.79. The van der Waals surface area contributed by atoms with E-state index >= 15 is 0 Å². The van der Waals surface area contributed by atoms with E-state index in [2.05, 4.69) is 31.6 Å². The standard InChI is InChI=1S/C23H27ClN6O6/c24-14-2-4-15(5-3-14)29-23(35)30-18(21(33)34)13-28-20(32)17-7-6-16(12-19(17)31)36-11-10-27-22-25-8-1-9-26-22/h2-7,12,18,31H,1,8-11,13H2,(H,28,32)(H,33,34)(H2,25,26,27)(H2,29,30,35)/t18-/m0/s1. The van der Waals surface area contributed by atoms with E-state index in [-0.39, 0.29) is 11.3 Å². The molecule has 2 aromatic rings. The van der Waals surface area contributed by atoms with Crippen LogP contribution in [0.2, 0.25) is 5.02 Å². The third kappa shape index (κ3) is 8.24. The SMILES string of the molecule is O=C(Nc1ccc(Cl)cc1)N[C@@H](CNC(=O)c1ccc(OCCNC2=NCCCN2)cc1O)C(=O)O. The number of rotatable bonds is 10. The summed E-state index contributed by atoms with van der Waals surface area (Å²) in [6, 6.07) is 8.20. The molecule has 12 nitrogen and oxygen atoms in total. The summed E-state index contributed by atoms with van der Waals surface area (Å²) in [6.45, 7) is 2.01. The number of carboxylic acid groups (broad SMARTS) is 1.